The van der Waals surface area contributed by atoms with Gasteiger partial charge in [0.15, 0.2) is 6.61 Å². The summed E-state index contributed by atoms with van der Waals surface area (Å²) in [5, 5.41) is 3.19. The Bertz CT molecular complexity index is 782. The van der Waals surface area contributed by atoms with Crippen LogP contribution in [0.15, 0.2) is 18.2 Å². The van der Waals surface area contributed by atoms with Crippen molar-refractivity contribution in [3.63, 3.8) is 0 Å². The molecule has 3 rings (SSSR count). The van der Waals surface area contributed by atoms with Crippen molar-refractivity contribution in [1.29, 1.82) is 0 Å². The number of aryl methyl sites for hydroxylation is 4. The van der Waals surface area contributed by atoms with Crippen LogP contribution < -0.4 is 5.32 Å². The number of esters is 1. The predicted octanol–water partition coefficient (Wildman–Crippen LogP) is 4.69. The predicted molar refractivity (Wildman–Crippen MR) is 101 cm³/mol. The number of halogens is 1. The average Bonchev–Trinajstić information content (AvgIpc) is 3.00. The number of benzene rings is 1. The summed E-state index contributed by atoms with van der Waals surface area (Å²) < 4.78 is 5.16. The Hall–Kier alpha value is -1.85. The summed E-state index contributed by atoms with van der Waals surface area (Å²) >= 11 is 7.65. The number of nitrogens with one attached hydrogen (secondary N) is 1. The van der Waals surface area contributed by atoms with Gasteiger partial charge in [0.05, 0.1) is 10.7 Å². The fraction of sp³-hybridized carbons (Fsp3) is 0.368. The Kier molecular flexibility index (Phi) is 5.45. The SMILES string of the molecule is Cc1cc(C)c(NC(=O)COC(=O)c2cc3c(s2)CCCC3)c(Cl)c1. The largest absolute Gasteiger partial charge is 0.451 e. The molecule has 1 heterocycles. The molecule has 0 saturated heterocycles. The van der Waals surface area contributed by atoms with Gasteiger partial charge in [-0.2, -0.15) is 0 Å². The zero-order valence-corrected chi connectivity index (χ0v) is 15.9. The molecule has 0 unspecified atom stereocenters. The molecular formula is C19H20ClNO3S. The lowest BCUT2D eigenvalue weighted by Crippen LogP contribution is -2.21. The lowest BCUT2D eigenvalue weighted by Gasteiger charge is -2.11. The van der Waals surface area contributed by atoms with Crippen molar-refractivity contribution in [2.24, 2.45) is 0 Å². The number of hydrogen-bond acceptors (Lipinski definition) is 4. The van der Waals surface area contributed by atoms with E-state index < -0.39 is 11.9 Å². The maximum absolute atomic E-state index is 12.2. The number of fused-ring (bicyclic) bond motifs is 1. The summed E-state index contributed by atoms with van der Waals surface area (Å²) in [6, 6.07) is 5.62. The molecule has 0 radical (unpaired) electrons. The van der Waals surface area contributed by atoms with Gasteiger partial charge in [0, 0.05) is 4.88 Å². The maximum Gasteiger partial charge on any atom is 0.348 e. The molecule has 0 bridgehead atoms. The van der Waals surface area contributed by atoms with E-state index in [9.17, 15) is 9.59 Å². The van der Waals surface area contributed by atoms with Crippen LogP contribution in [0.25, 0.3) is 0 Å². The molecule has 1 amide bonds. The third-order valence-electron chi connectivity index (χ3n) is 4.23. The Balaban J connectivity index is 1.59. The van der Waals surface area contributed by atoms with E-state index in [1.54, 1.807) is 6.07 Å². The molecule has 1 aromatic heterocycles. The molecule has 132 valence electrons. The molecule has 0 aliphatic heterocycles. The second-order valence-electron chi connectivity index (χ2n) is 6.33. The number of ether oxygens (including phenoxy) is 1. The summed E-state index contributed by atoms with van der Waals surface area (Å²) in [5.74, 6) is -0.843. The van der Waals surface area contributed by atoms with Gasteiger partial charge in [-0.15, -0.1) is 11.3 Å². The van der Waals surface area contributed by atoms with E-state index in [0.29, 0.717) is 15.6 Å². The van der Waals surface area contributed by atoms with Gasteiger partial charge >= 0.3 is 5.97 Å². The van der Waals surface area contributed by atoms with Crippen molar-refractivity contribution in [3.8, 4) is 0 Å². The van der Waals surface area contributed by atoms with E-state index >= 15 is 0 Å². The lowest BCUT2D eigenvalue weighted by atomic mass is 9.99. The molecule has 25 heavy (non-hydrogen) atoms. The minimum Gasteiger partial charge on any atom is -0.451 e. The molecule has 1 aliphatic rings. The third-order valence-corrected chi connectivity index (χ3v) is 5.74. The Morgan fingerprint density at radius 2 is 1.96 bits per heavy atom. The summed E-state index contributed by atoms with van der Waals surface area (Å²) in [7, 11) is 0. The second kappa shape index (κ2) is 7.58. The highest BCUT2D eigenvalue weighted by atomic mass is 35.5. The van der Waals surface area contributed by atoms with E-state index in [1.807, 2.05) is 26.0 Å². The van der Waals surface area contributed by atoms with E-state index in [0.717, 1.165) is 30.4 Å². The van der Waals surface area contributed by atoms with Gasteiger partial charge < -0.3 is 10.1 Å². The maximum atomic E-state index is 12.2. The molecule has 1 aromatic carbocycles. The molecular weight excluding hydrogens is 358 g/mol. The van der Waals surface area contributed by atoms with Crippen LogP contribution in [0.3, 0.4) is 0 Å². The van der Waals surface area contributed by atoms with Crippen LogP contribution in [-0.4, -0.2) is 18.5 Å². The van der Waals surface area contributed by atoms with Crippen molar-refractivity contribution in [2.45, 2.75) is 39.5 Å². The quantitative estimate of drug-likeness (QED) is 0.786. The molecule has 0 atom stereocenters. The Morgan fingerprint density at radius 1 is 1.20 bits per heavy atom. The molecule has 6 heteroatoms. The highest BCUT2D eigenvalue weighted by Gasteiger charge is 2.19. The van der Waals surface area contributed by atoms with Crippen LogP contribution in [0.5, 0.6) is 0 Å². The zero-order valence-electron chi connectivity index (χ0n) is 14.3. The van der Waals surface area contributed by atoms with Gasteiger partial charge in [-0.25, -0.2) is 4.79 Å². The molecule has 2 aromatic rings. The highest BCUT2D eigenvalue weighted by molar-refractivity contribution is 7.14. The highest BCUT2D eigenvalue weighted by Crippen LogP contribution is 2.30. The van der Waals surface area contributed by atoms with E-state index in [-0.39, 0.29) is 6.61 Å². The first-order chi connectivity index (χ1) is 11.9. The van der Waals surface area contributed by atoms with Crippen molar-refractivity contribution < 1.29 is 14.3 Å². The molecule has 1 aliphatic carbocycles. The molecule has 4 nitrogen and oxygen atoms in total. The lowest BCUT2D eigenvalue weighted by molar-refractivity contribution is -0.119. The first kappa shape index (κ1) is 18.0. The smallest absolute Gasteiger partial charge is 0.348 e. The first-order valence-corrected chi connectivity index (χ1v) is 9.49. The van der Waals surface area contributed by atoms with Gasteiger partial charge in [-0.05, 0) is 68.4 Å². The third kappa shape index (κ3) is 4.22. The van der Waals surface area contributed by atoms with Crippen LogP contribution in [0.1, 0.15) is 44.1 Å². The zero-order chi connectivity index (χ0) is 18.0. The van der Waals surface area contributed by atoms with Crippen LogP contribution in [0.4, 0.5) is 5.69 Å². The van der Waals surface area contributed by atoms with Gasteiger partial charge in [0.25, 0.3) is 5.91 Å². The number of thiophene rings is 1. The van der Waals surface area contributed by atoms with Gasteiger partial charge in [-0.1, -0.05) is 17.7 Å². The molecule has 0 fully saturated rings. The summed E-state index contributed by atoms with van der Waals surface area (Å²) in [6.45, 7) is 3.48. The molecule has 1 N–H and O–H groups in total. The Labute approximate surface area is 156 Å². The normalized spacial score (nSPS) is 13.2. The fourth-order valence-electron chi connectivity index (χ4n) is 3.04. The van der Waals surface area contributed by atoms with E-state index in [4.69, 9.17) is 16.3 Å². The van der Waals surface area contributed by atoms with Crippen LogP contribution in [0, 0.1) is 13.8 Å². The number of anilines is 1. The van der Waals surface area contributed by atoms with Crippen molar-refractivity contribution in [3.05, 3.63) is 49.7 Å². The van der Waals surface area contributed by atoms with Gasteiger partial charge in [0.2, 0.25) is 0 Å². The van der Waals surface area contributed by atoms with E-state index in [1.165, 1.54) is 28.2 Å². The van der Waals surface area contributed by atoms with Crippen LogP contribution >= 0.6 is 22.9 Å². The number of rotatable bonds is 4. The minimum atomic E-state index is -0.443. The summed E-state index contributed by atoms with van der Waals surface area (Å²) in [6.07, 6.45) is 4.38. The van der Waals surface area contributed by atoms with Gasteiger partial charge in [-0.3, -0.25) is 4.79 Å². The minimum absolute atomic E-state index is 0.328. The summed E-state index contributed by atoms with van der Waals surface area (Å²) in [4.78, 5) is 26.1. The van der Waals surface area contributed by atoms with Crippen LogP contribution in [-0.2, 0) is 22.4 Å². The Morgan fingerprint density at radius 3 is 2.68 bits per heavy atom. The number of amides is 1. The number of carbonyl (C=O) groups excluding carboxylic acids is 2. The van der Waals surface area contributed by atoms with Crippen molar-refractivity contribution in [2.75, 3.05) is 11.9 Å². The topological polar surface area (TPSA) is 55.4 Å². The monoisotopic (exact) mass is 377 g/mol. The first-order valence-electron chi connectivity index (χ1n) is 8.29. The molecule has 0 saturated carbocycles. The van der Waals surface area contributed by atoms with Gasteiger partial charge in [0.1, 0.15) is 4.88 Å². The number of hydrogen-bond donors (Lipinski definition) is 1. The fourth-order valence-corrected chi connectivity index (χ4v) is 4.56. The summed E-state index contributed by atoms with van der Waals surface area (Å²) in [5.41, 5.74) is 3.69. The average molecular weight is 378 g/mol. The van der Waals surface area contributed by atoms with E-state index in [2.05, 4.69) is 5.32 Å². The second-order valence-corrected chi connectivity index (χ2v) is 7.87. The van der Waals surface area contributed by atoms with Crippen molar-refractivity contribution in [1.82, 2.24) is 0 Å². The standard InChI is InChI=1S/C19H20ClNO3S/c1-11-7-12(2)18(14(20)8-11)21-17(22)10-24-19(23)16-9-13-5-3-4-6-15(13)25-16/h7-9H,3-6,10H2,1-2H3,(H,21,22). The van der Waals surface area contributed by atoms with Crippen LogP contribution in [0.2, 0.25) is 5.02 Å². The molecule has 0 spiro atoms. The number of carbonyl (C=O) groups is 2. The van der Waals surface area contributed by atoms with Crippen molar-refractivity contribution >= 4 is 40.5 Å².